The zero-order valence-electron chi connectivity index (χ0n) is 7.21. The van der Waals surface area contributed by atoms with Crippen LogP contribution in [0.2, 0.25) is 0 Å². The second kappa shape index (κ2) is 5.58. The van der Waals surface area contributed by atoms with Gasteiger partial charge in [-0.05, 0) is 24.3 Å². The Morgan fingerprint density at radius 1 is 1.29 bits per heavy atom. The molecule has 0 heterocycles. The summed E-state index contributed by atoms with van der Waals surface area (Å²) < 4.78 is 29.7. The SMILES string of the molecule is O=S([O-])Oc1ccc(OCCO)cc1. The molecule has 1 rings (SSSR count). The maximum Gasteiger partial charge on any atom is 0.139 e. The van der Waals surface area contributed by atoms with Crippen LogP contribution in [0.5, 0.6) is 11.5 Å². The minimum Gasteiger partial charge on any atom is -0.740 e. The lowest BCUT2D eigenvalue weighted by Crippen LogP contribution is -2.01. The zero-order valence-corrected chi connectivity index (χ0v) is 8.03. The quantitative estimate of drug-likeness (QED) is 0.714. The Hall–Kier alpha value is -1.11. The van der Waals surface area contributed by atoms with Gasteiger partial charge in [0.2, 0.25) is 0 Å². The van der Waals surface area contributed by atoms with Crippen LogP contribution >= 0.6 is 0 Å². The van der Waals surface area contributed by atoms with E-state index in [2.05, 4.69) is 4.18 Å². The fourth-order valence-electron chi connectivity index (χ4n) is 0.833. The first-order valence-corrected chi connectivity index (χ1v) is 4.83. The second-order valence-electron chi connectivity index (χ2n) is 2.33. The van der Waals surface area contributed by atoms with Crippen LogP contribution in [0.15, 0.2) is 24.3 Å². The van der Waals surface area contributed by atoms with E-state index in [1.807, 2.05) is 0 Å². The van der Waals surface area contributed by atoms with Crippen LogP contribution in [-0.2, 0) is 11.4 Å². The fraction of sp³-hybridized carbons (Fsp3) is 0.250. The lowest BCUT2D eigenvalue weighted by Gasteiger charge is -2.08. The largest absolute Gasteiger partial charge is 0.740 e. The van der Waals surface area contributed by atoms with Crippen LogP contribution in [0.4, 0.5) is 0 Å². The molecule has 1 unspecified atom stereocenters. The molecule has 0 aliphatic rings. The summed E-state index contributed by atoms with van der Waals surface area (Å²) in [6.07, 6.45) is 0. The molecule has 1 aromatic rings. The van der Waals surface area contributed by atoms with E-state index in [1.165, 1.54) is 12.1 Å². The van der Waals surface area contributed by atoms with Gasteiger partial charge in [-0.1, -0.05) is 0 Å². The van der Waals surface area contributed by atoms with E-state index >= 15 is 0 Å². The molecule has 1 aromatic carbocycles. The van der Waals surface area contributed by atoms with Crippen LogP contribution < -0.4 is 8.92 Å². The number of ether oxygens (including phenoxy) is 1. The molecule has 0 radical (unpaired) electrons. The van der Waals surface area contributed by atoms with Gasteiger partial charge in [-0.3, -0.25) is 0 Å². The van der Waals surface area contributed by atoms with Gasteiger partial charge in [0.1, 0.15) is 29.5 Å². The summed E-state index contributed by atoms with van der Waals surface area (Å²) in [6.45, 7) is 0.135. The molecule has 0 amide bonds. The molecule has 0 bridgehead atoms. The molecule has 0 saturated heterocycles. The predicted molar refractivity (Wildman–Crippen MR) is 48.6 cm³/mol. The van der Waals surface area contributed by atoms with Gasteiger partial charge >= 0.3 is 0 Å². The van der Waals surface area contributed by atoms with Crippen LogP contribution in [0.1, 0.15) is 0 Å². The van der Waals surface area contributed by atoms with E-state index in [9.17, 15) is 8.76 Å². The van der Waals surface area contributed by atoms with Crippen molar-refractivity contribution in [2.24, 2.45) is 0 Å². The van der Waals surface area contributed by atoms with E-state index in [1.54, 1.807) is 12.1 Å². The third-order valence-corrected chi connectivity index (χ3v) is 1.68. The molecule has 0 aliphatic carbocycles. The molecule has 0 aromatic heterocycles. The van der Waals surface area contributed by atoms with Crippen molar-refractivity contribution in [2.75, 3.05) is 13.2 Å². The van der Waals surface area contributed by atoms with E-state index in [0.29, 0.717) is 5.75 Å². The maximum absolute atomic E-state index is 10.1. The fourth-order valence-corrected chi connectivity index (χ4v) is 1.10. The van der Waals surface area contributed by atoms with E-state index in [0.717, 1.165) is 0 Å². The van der Waals surface area contributed by atoms with Crippen molar-refractivity contribution in [3.05, 3.63) is 24.3 Å². The van der Waals surface area contributed by atoms with Crippen molar-refractivity contribution < 1.29 is 22.8 Å². The molecule has 6 heteroatoms. The van der Waals surface area contributed by atoms with Gasteiger partial charge in [0.15, 0.2) is 0 Å². The van der Waals surface area contributed by atoms with Crippen LogP contribution in [-0.4, -0.2) is 27.1 Å². The highest BCUT2D eigenvalue weighted by molar-refractivity contribution is 7.74. The first-order valence-electron chi connectivity index (χ1n) is 3.83. The summed E-state index contributed by atoms with van der Waals surface area (Å²) in [7, 11) is 0. The van der Waals surface area contributed by atoms with Crippen molar-refractivity contribution in [3.63, 3.8) is 0 Å². The summed E-state index contributed by atoms with van der Waals surface area (Å²) in [4.78, 5) is 0. The number of benzene rings is 1. The highest BCUT2D eigenvalue weighted by Crippen LogP contribution is 2.17. The standard InChI is InChI=1S/C8H10O5S/c9-5-6-12-7-1-3-8(4-2-7)13-14(10)11/h1-4,9H,5-6H2,(H,10,11)/p-1. The highest BCUT2D eigenvalue weighted by Gasteiger charge is 1.95. The number of hydrogen-bond acceptors (Lipinski definition) is 5. The second-order valence-corrected chi connectivity index (χ2v) is 2.91. The molecule has 0 saturated carbocycles. The predicted octanol–water partition coefficient (Wildman–Crippen LogP) is 0.231. The van der Waals surface area contributed by atoms with Gasteiger partial charge in [0.05, 0.1) is 6.61 Å². The van der Waals surface area contributed by atoms with Gasteiger partial charge in [-0.15, -0.1) is 0 Å². The summed E-state index contributed by atoms with van der Waals surface area (Å²) in [5, 5.41) is 8.47. The van der Waals surface area contributed by atoms with E-state index < -0.39 is 11.4 Å². The Kier molecular flexibility index (Phi) is 4.37. The number of hydrogen-bond donors (Lipinski definition) is 1. The summed E-state index contributed by atoms with van der Waals surface area (Å²) >= 11 is -2.56. The first-order chi connectivity index (χ1) is 6.72. The van der Waals surface area contributed by atoms with Gasteiger partial charge in [-0.25, -0.2) is 4.21 Å². The molecule has 1 N–H and O–H groups in total. The Bertz CT molecular complexity index is 297. The lowest BCUT2D eigenvalue weighted by molar-refractivity contribution is 0.201. The molecular weight excluding hydrogens is 208 g/mol. The Morgan fingerprint density at radius 3 is 2.36 bits per heavy atom. The van der Waals surface area contributed by atoms with E-state index in [-0.39, 0.29) is 19.0 Å². The number of rotatable bonds is 5. The first kappa shape index (κ1) is 11.0. The third-order valence-electron chi connectivity index (χ3n) is 1.35. The smallest absolute Gasteiger partial charge is 0.139 e. The van der Waals surface area contributed by atoms with Crippen LogP contribution in [0.3, 0.4) is 0 Å². The minimum absolute atomic E-state index is 0.0666. The Balaban J connectivity index is 2.54. The topological polar surface area (TPSA) is 78.8 Å². The van der Waals surface area contributed by atoms with Crippen LogP contribution in [0.25, 0.3) is 0 Å². The van der Waals surface area contributed by atoms with Crippen molar-refractivity contribution >= 4 is 11.4 Å². The van der Waals surface area contributed by atoms with Crippen molar-refractivity contribution in [2.45, 2.75) is 0 Å². The maximum atomic E-state index is 10.1. The zero-order chi connectivity index (χ0) is 10.4. The average Bonchev–Trinajstić information content (AvgIpc) is 2.16. The molecular formula is C8H9O5S-. The van der Waals surface area contributed by atoms with E-state index in [4.69, 9.17) is 9.84 Å². The molecule has 0 spiro atoms. The summed E-state index contributed by atoms with van der Waals surface area (Å²) in [5.41, 5.74) is 0. The third kappa shape index (κ3) is 3.73. The monoisotopic (exact) mass is 217 g/mol. The van der Waals surface area contributed by atoms with Crippen molar-refractivity contribution in [3.8, 4) is 11.5 Å². The summed E-state index contributed by atoms with van der Waals surface area (Å²) in [5.74, 6) is 0.762. The average molecular weight is 217 g/mol. The minimum atomic E-state index is -2.56. The molecule has 5 nitrogen and oxygen atoms in total. The number of aliphatic hydroxyl groups is 1. The van der Waals surface area contributed by atoms with Crippen molar-refractivity contribution in [1.29, 1.82) is 0 Å². The van der Waals surface area contributed by atoms with Crippen molar-refractivity contribution in [1.82, 2.24) is 0 Å². The van der Waals surface area contributed by atoms with Gasteiger partial charge in [0, 0.05) is 0 Å². The number of aliphatic hydroxyl groups excluding tert-OH is 1. The van der Waals surface area contributed by atoms with Crippen LogP contribution in [0, 0.1) is 0 Å². The Morgan fingerprint density at radius 2 is 1.86 bits per heavy atom. The molecule has 14 heavy (non-hydrogen) atoms. The Labute approximate surface area is 83.8 Å². The van der Waals surface area contributed by atoms with Gasteiger partial charge in [-0.2, -0.15) is 0 Å². The van der Waals surface area contributed by atoms with Gasteiger partial charge < -0.3 is 18.6 Å². The molecule has 0 aliphatic heterocycles. The summed E-state index contributed by atoms with van der Waals surface area (Å²) in [6, 6.07) is 6.03. The molecule has 0 fully saturated rings. The normalized spacial score (nSPS) is 12.1. The molecule has 78 valence electrons. The lowest BCUT2D eigenvalue weighted by atomic mass is 10.3. The molecule has 1 atom stereocenters. The van der Waals surface area contributed by atoms with Gasteiger partial charge in [0.25, 0.3) is 0 Å². The highest BCUT2D eigenvalue weighted by atomic mass is 32.2.